The van der Waals surface area contributed by atoms with E-state index in [0.717, 1.165) is 0 Å². The number of nitrogens with two attached hydrogens (primary N) is 1. The number of ether oxygens (including phenoxy) is 1. The minimum atomic E-state index is -0.849. The van der Waals surface area contributed by atoms with Gasteiger partial charge in [-0.2, -0.15) is 0 Å². The second kappa shape index (κ2) is 5.95. The molecule has 0 aliphatic heterocycles. The van der Waals surface area contributed by atoms with Crippen molar-refractivity contribution >= 4 is 17.2 Å². The van der Waals surface area contributed by atoms with Crippen LogP contribution in [0.5, 0.6) is 0 Å². The second-order valence-electron chi connectivity index (χ2n) is 7.39. The smallest absolute Gasteiger partial charge is 0.240 e. The van der Waals surface area contributed by atoms with Crippen LogP contribution in [0.25, 0.3) is 0 Å². The lowest BCUT2D eigenvalue weighted by molar-refractivity contribution is -0.170. The van der Waals surface area contributed by atoms with E-state index in [1.807, 2.05) is 26.8 Å². The van der Waals surface area contributed by atoms with E-state index in [0.29, 0.717) is 19.6 Å². The minimum Gasteiger partial charge on any atom is -0.378 e. The first kappa shape index (κ1) is 17.4. The Kier molecular flexibility index (Phi) is 4.71. The summed E-state index contributed by atoms with van der Waals surface area (Å²) in [6, 6.07) is 4.14. The van der Waals surface area contributed by atoms with Crippen LogP contribution in [0.15, 0.2) is 17.5 Å². The molecule has 3 N–H and O–H groups in total. The highest BCUT2D eigenvalue weighted by atomic mass is 32.1. The van der Waals surface area contributed by atoms with Gasteiger partial charge in [-0.05, 0) is 18.4 Å². The van der Waals surface area contributed by atoms with Crippen LogP contribution in [0, 0.1) is 5.41 Å². The topological polar surface area (TPSA) is 64.3 Å². The van der Waals surface area contributed by atoms with Crippen LogP contribution in [0.2, 0.25) is 0 Å². The van der Waals surface area contributed by atoms with Crippen LogP contribution < -0.4 is 11.1 Å². The molecule has 5 heteroatoms. The molecule has 1 amide bonds. The Morgan fingerprint density at radius 1 is 1.55 bits per heavy atom. The van der Waals surface area contributed by atoms with Gasteiger partial charge in [0.15, 0.2) is 0 Å². The molecule has 0 spiro atoms. The fourth-order valence-corrected chi connectivity index (χ4v) is 3.88. The van der Waals surface area contributed by atoms with Crippen molar-refractivity contribution in [2.24, 2.45) is 11.1 Å². The lowest BCUT2D eigenvalue weighted by Gasteiger charge is -2.57. The normalized spacial score (nSPS) is 27.3. The lowest BCUT2D eigenvalue weighted by Crippen LogP contribution is -2.76. The molecule has 1 heterocycles. The van der Waals surface area contributed by atoms with E-state index < -0.39 is 5.54 Å². The summed E-state index contributed by atoms with van der Waals surface area (Å²) in [5, 5.41) is 5.12. The molecule has 1 aromatic rings. The van der Waals surface area contributed by atoms with Gasteiger partial charge in [-0.1, -0.05) is 33.8 Å². The van der Waals surface area contributed by atoms with Crippen molar-refractivity contribution in [1.29, 1.82) is 0 Å². The molecule has 0 saturated heterocycles. The monoisotopic (exact) mass is 324 g/mol. The Hall–Kier alpha value is -0.910. The van der Waals surface area contributed by atoms with Crippen molar-refractivity contribution in [3.63, 3.8) is 0 Å². The third-order valence-corrected chi connectivity index (χ3v) is 6.35. The fraction of sp³-hybridized carbons (Fsp3) is 0.706. The number of carbonyl (C=O) groups excluding carboxylic acids is 1. The number of amides is 1. The molecule has 0 aromatic carbocycles. The van der Waals surface area contributed by atoms with E-state index in [1.165, 1.54) is 4.88 Å². The third-order valence-electron chi connectivity index (χ3n) is 5.11. The molecular weight excluding hydrogens is 296 g/mol. The van der Waals surface area contributed by atoms with Gasteiger partial charge in [-0.3, -0.25) is 4.79 Å². The summed E-state index contributed by atoms with van der Waals surface area (Å²) in [6.45, 7) is 11.5. The molecule has 2 unspecified atom stereocenters. The number of thiophene rings is 1. The van der Waals surface area contributed by atoms with Crippen LogP contribution in [0.1, 0.15) is 45.9 Å². The highest BCUT2D eigenvalue weighted by Gasteiger charge is 2.62. The molecule has 4 nitrogen and oxygen atoms in total. The molecule has 2 atom stereocenters. The van der Waals surface area contributed by atoms with Crippen molar-refractivity contribution in [2.75, 3.05) is 13.2 Å². The molecule has 124 valence electrons. The summed E-state index contributed by atoms with van der Waals surface area (Å²) < 4.78 is 5.68. The highest BCUT2D eigenvalue weighted by molar-refractivity contribution is 7.10. The second-order valence-corrected chi connectivity index (χ2v) is 8.33. The molecule has 1 saturated carbocycles. The molecule has 2 rings (SSSR count). The van der Waals surface area contributed by atoms with E-state index in [1.54, 1.807) is 11.3 Å². The fourth-order valence-electron chi connectivity index (χ4n) is 3.03. The van der Waals surface area contributed by atoms with Crippen LogP contribution in [0.3, 0.4) is 0 Å². The molecule has 1 aromatic heterocycles. The lowest BCUT2D eigenvalue weighted by atomic mass is 9.54. The van der Waals surface area contributed by atoms with Gasteiger partial charge in [0.1, 0.15) is 5.54 Å². The summed E-state index contributed by atoms with van der Waals surface area (Å²) in [7, 11) is 0. The first-order valence-electron chi connectivity index (χ1n) is 7.88. The first-order chi connectivity index (χ1) is 10.1. The van der Waals surface area contributed by atoms with Crippen LogP contribution in [-0.2, 0) is 14.9 Å². The summed E-state index contributed by atoms with van der Waals surface area (Å²) in [5.74, 6) is -0.0712. The van der Waals surface area contributed by atoms with Gasteiger partial charge in [0.25, 0.3) is 0 Å². The SMILES string of the molecule is CCOC1CC(N)(C(=O)NCC(C)(C)c2cccs2)C1(C)C. The van der Waals surface area contributed by atoms with Crippen LogP contribution in [-0.4, -0.2) is 30.7 Å². The first-order valence-corrected chi connectivity index (χ1v) is 8.76. The van der Waals surface area contributed by atoms with Gasteiger partial charge in [0.05, 0.1) is 6.10 Å². The van der Waals surface area contributed by atoms with Gasteiger partial charge in [-0.25, -0.2) is 0 Å². The molecular formula is C17H28N2O2S. The van der Waals surface area contributed by atoms with Gasteiger partial charge in [0, 0.05) is 35.3 Å². The summed E-state index contributed by atoms with van der Waals surface area (Å²) in [5.41, 5.74) is 5.12. The third kappa shape index (κ3) is 2.82. The molecule has 1 aliphatic carbocycles. The quantitative estimate of drug-likeness (QED) is 0.845. The zero-order valence-corrected chi connectivity index (χ0v) is 15.0. The number of hydrogen-bond acceptors (Lipinski definition) is 4. The van der Waals surface area contributed by atoms with Crippen LogP contribution in [0.4, 0.5) is 0 Å². The zero-order valence-electron chi connectivity index (χ0n) is 14.2. The Balaban J connectivity index is 1.98. The summed E-state index contributed by atoms with van der Waals surface area (Å²) in [4.78, 5) is 13.9. The number of rotatable bonds is 6. The number of hydrogen-bond donors (Lipinski definition) is 2. The van der Waals surface area contributed by atoms with Crippen molar-refractivity contribution in [3.05, 3.63) is 22.4 Å². The minimum absolute atomic E-state index is 0.0542. The zero-order chi connectivity index (χ0) is 16.6. The van der Waals surface area contributed by atoms with Crippen molar-refractivity contribution in [1.82, 2.24) is 5.32 Å². The molecule has 22 heavy (non-hydrogen) atoms. The van der Waals surface area contributed by atoms with E-state index in [-0.39, 0.29) is 22.8 Å². The van der Waals surface area contributed by atoms with Gasteiger partial charge in [-0.15, -0.1) is 11.3 Å². The Morgan fingerprint density at radius 2 is 2.23 bits per heavy atom. The summed E-state index contributed by atoms with van der Waals surface area (Å²) >= 11 is 1.71. The van der Waals surface area contributed by atoms with Gasteiger partial charge < -0.3 is 15.8 Å². The number of nitrogens with one attached hydrogen (secondary N) is 1. The largest absolute Gasteiger partial charge is 0.378 e. The van der Waals surface area contributed by atoms with Crippen molar-refractivity contribution < 1.29 is 9.53 Å². The number of carbonyl (C=O) groups is 1. The average Bonchev–Trinajstić information content (AvgIpc) is 2.99. The maximum absolute atomic E-state index is 12.6. The van der Waals surface area contributed by atoms with E-state index >= 15 is 0 Å². The summed E-state index contributed by atoms with van der Waals surface area (Å²) in [6.07, 6.45) is 0.637. The van der Waals surface area contributed by atoms with Crippen molar-refractivity contribution in [2.45, 2.75) is 58.1 Å². The molecule has 1 aliphatic rings. The van der Waals surface area contributed by atoms with E-state index in [2.05, 4.69) is 30.6 Å². The molecule has 0 radical (unpaired) electrons. The standard InChI is InChI=1S/C17H28N2O2S/c1-6-21-12-10-17(18,16(12,4)5)14(20)19-11-15(2,3)13-8-7-9-22-13/h7-9,12H,6,10-11,18H2,1-5H3,(H,19,20). The van der Waals surface area contributed by atoms with E-state index in [4.69, 9.17) is 10.5 Å². The van der Waals surface area contributed by atoms with E-state index in [9.17, 15) is 4.79 Å². The maximum Gasteiger partial charge on any atom is 0.240 e. The predicted octanol–water partition coefficient (Wildman–Crippen LogP) is 2.67. The van der Waals surface area contributed by atoms with Gasteiger partial charge in [0.2, 0.25) is 5.91 Å². The average molecular weight is 324 g/mol. The maximum atomic E-state index is 12.6. The Labute approximate surface area is 137 Å². The Morgan fingerprint density at radius 3 is 2.73 bits per heavy atom. The van der Waals surface area contributed by atoms with Crippen molar-refractivity contribution in [3.8, 4) is 0 Å². The highest BCUT2D eigenvalue weighted by Crippen LogP contribution is 2.49. The molecule has 0 bridgehead atoms. The Bertz CT molecular complexity index is 525. The van der Waals surface area contributed by atoms with Crippen LogP contribution >= 0.6 is 11.3 Å². The van der Waals surface area contributed by atoms with Gasteiger partial charge >= 0.3 is 0 Å². The molecule has 1 fully saturated rings. The predicted molar refractivity (Wildman–Crippen MR) is 91.1 cm³/mol.